The summed E-state index contributed by atoms with van der Waals surface area (Å²) >= 11 is 1.19. The molecule has 362 valence electrons. The summed E-state index contributed by atoms with van der Waals surface area (Å²) in [6.07, 6.45) is 37.6. The molecule has 63 heavy (non-hydrogen) atoms. The Morgan fingerprint density at radius 3 is 1.89 bits per heavy atom. The van der Waals surface area contributed by atoms with E-state index in [1.807, 2.05) is 18.2 Å². The first-order valence-electron chi connectivity index (χ1n) is 22.8. The number of carboxylic acid groups (broad SMARTS) is 1. The molecule has 0 aliphatic carbocycles. The van der Waals surface area contributed by atoms with E-state index in [9.17, 15) is 34.1 Å². The van der Waals surface area contributed by atoms with Gasteiger partial charge in [-0.1, -0.05) is 132 Å². The normalized spacial score (nSPS) is 15.8. The number of carboxylic acids is 1. The molecule has 0 radical (unpaired) electrons. The van der Waals surface area contributed by atoms with E-state index >= 15 is 0 Å². The van der Waals surface area contributed by atoms with Crippen molar-refractivity contribution in [2.75, 3.05) is 32.2 Å². The van der Waals surface area contributed by atoms with Crippen molar-refractivity contribution in [1.82, 2.24) is 0 Å². The van der Waals surface area contributed by atoms with Gasteiger partial charge in [0.25, 0.3) is 0 Å². The molecule has 6 atom stereocenters. The van der Waals surface area contributed by atoms with E-state index in [0.717, 1.165) is 57.8 Å². The highest BCUT2D eigenvalue weighted by Gasteiger charge is 2.28. The molecule has 0 aromatic carbocycles. The van der Waals surface area contributed by atoms with Crippen LogP contribution in [0.1, 0.15) is 142 Å². The number of phosphoric acid groups is 1. The largest absolute Gasteiger partial charge is 0.481 e. The summed E-state index contributed by atoms with van der Waals surface area (Å²) in [7, 11) is -4.76. The standard InChI is InChI=1S/C47H80NO13PS/c1-3-5-7-9-11-13-15-17-18-19-21-23-25-27-29-34-46(54)61-41(38-60-62(56,57)59-36-40(50)35-49)37-58-47(55)42(48)39-63-44(43(51)31-30-33-45(52)53)32-28-26-24-22-20-16-14-12-10-8-6-4-2/h11-14,17-18,20,22,24,26,28,32,40-44,49-51H,3-10,15-16,19,21,23,25,27,29-31,33-39,48H2,1-2H3,(H,52,53)(H,56,57)/b13-11-,14-12-,18-17-,22-20-,26-24+,32-28+/t40-,41+,42-,43-,44+/m0/s1. The second-order valence-electron chi connectivity index (χ2n) is 15.3. The molecular weight excluding hydrogens is 850 g/mol. The number of unbranched alkanes of at least 4 members (excludes halogenated alkanes) is 11. The molecule has 0 saturated carbocycles. The molecule has 0 aromatic rings. The Kier molecular flexibility index (Phi) is 39.9. The third-order valence-electron chi connectivity index (χ3n) is 9.33. The number of hydrogen-bond acceptors (Lipinski definition) is 13. The number of thioether (sulfide) groups is 1. The zero-order chi connectivity index (χ0) is 46.8. The summed E-state index contributed by atoms with van der Waals surface area (Å²) < 4.78 is 32.8. The quantitative estimate of drug-likeness (QED) is 0.0110. The maximum absolute atomic E-state index is 13.0. The number of hydrogen-bond donors (Lipinski definition) is 6. The van der Waals surface area contributed by atoms with Crippen molar-refractivity contribution in [3.05, 3.63) is 72.9 Å². The smallest absolute Gasteiger partial charge is 0.472 e. The molecule has 0 aliphatic heterocycles. The lowest BCUT2D eigenvalue weighted by atomic mass is 10.1. The number of allylic oxidation sites excluding steroid dienone is 11. The highest BCUT2D eigenvalue weighted by Crippen LogP contribution is 2.43. The van der Waals surface area contributed by atoms with E-state index in [4.69, 9.17) is 29.9 Å². The molecule has 0 fully saturated rings. The summed E-state index contributed by atoms with van der Waals surface area (Å²) in [5.41, 5.74) is 6.15. The number of esters is 2. The van der Waals surface area contributed by atoms with Gasteiger partial charge in [0.1, 0.15) is 18.8 Å². The Bertz CT molecular complexity index is 1400. The van der Waals surface area contributed by atoms with Gasteiger partial charge in [-0.15, -0.1) is 11.8 Å². The maximum atomic E-state index is 13.0. The summed E-state index contributed by atoms with van der Waals surface area (Å²) in [4.78, 5) is 46.8. The third-order valence-corrected chi connectivity index (χ3v) is 11.7. The molecule has 0 heterocycles. The number of aliphatic hydroxyl groups is 3. The van der Waals surface area contributed by atoms with Crippen LogP contribution in [-0.2, 0) is 37.5 Å². The molecule has 14 nitrogen and oxygen atoms in total. The van der Waals surface area contributed by atoms with Crippen LogP contribution in [0.15, 0.2) is 72.9 Å². The number of carbonyl (C=O) groups is 3. The van der Waals surface area contributed by atoms with Crippen molar-refractivity contribution in [1.29, 1.82) is 0 Å². The first kappa shape index (κ1) is 60.2. The average molecular weight is 930 g/mol. The monoisotopic (exact) mass is 930 g/mol. The lowest BCUT2D eigenvalue weighted by molar-refractivity contribution is -0.161. The second kappa shape index (κ2) is 41.8. The van der Waals surface area contributed by atoms with E-state index in [1.165, 1.54) is 50.3 Å². The first-order valence-corrected chi connectivity index (χ1v) is 25.4. The Morgan fingerprint density at radius 1 is 0.698 bits per heavy atom. The molecule has 0 aromatic heterocycles. The molecule has 1 unspecified atom stereocenters. The van der Waals surface area contributed by atoms with Gasteiger partial charge in [0, 0.05) is 23.8 Å². The highest BCUT2D eigenvalue weighted by atomic mass is 32.2. The van der Waals surface area contributed by atoms with Crippen molar-refractivity contribution >= 4 is 37.5 Å². The van der Waals surface area contributed by atoms with Gasteiger partial charge < -0.3 is 40.5 Å². The molecular formula is C47H80NO13PS. The van der Waals surface area contributed by atoms with E-state index in [-0.39, 0.29) is 31.4 Å². The Hall–Kier alpha value is -2.85. The lowest BCUT2D eigenvalue weighted by Crippen LogP contribution is -2.38. The van der Waals surface area contributed by atoms with Gasteiger partial charge in [0.2, 0.25) is 0 Å². The average Bonchev–Trinajstić information content (AvgIpc) is 3.25. The van der Waals surface area contributed by atoms with Crippen LogP contribution in [0.25, 0.3) is 0 Å². The summed E-state index contributed by atoms with van der Waals surface area (Å²) in [6.45, 7) is 1.72. The van der Waals surface area contributed by atoms with Crippen LogP contribution in [0, 0.1) is 0 Å². The minimum Gasteiger partial charge on any atom is -0.481 e. The Balaban J connectivity index is 5.21. The molecule has 0 rings (SSSR count). The topological polar surface area (TPSA) is 232 Å². The van der Waals surface area contributed by atoms with Crippen molar-refractivity contribution in [2.24, 2.45) is 5.73 Å². The summed E-state index contributed by atoms with van der Waals surface area (Å²) in [5.74, 6) is -2.44. The van der Waals surface area contributed by atoms with Crippen LogP contribution in [0.3, 0.4) is 0 Å². The van der Waals surface area contributed by atoms with Crippen LogP contribution >= 0.6 is 19.6 Å². The molecule has 0 aliphatic rings. The van der Waals surface area contributed by atoms with Crippen LogP contribution in [-0.4, -0.2) is 105 Å². The predicted molar refractivity (Wildman–Crippen MR) is 252 cm³/mol. The Morgan fingerprint density at radius 2 is 1.27 bits per heavy atom. The van der Waals surface area contributed by atoms with Crippen molar-refractivity contribution in [3.8, 4) is 0 Å². The number of ether oxygens (including phenoxy) is 2. The van der Waals surface area contributed by atoms with Gasteiger partial charge in [0.05, 0.1) is 25.9 Å². The van der Waals surface area contributed by atoms with E-state index in [0.29, 0.717) is 6.42 Å². The van der Waals surface area contributed by atoms with Gasteiger partial charge in [-0.25, -0.2) is 4.57 Å². The molecule has 16 heteroatoms. The first-order chi connectivity index (χ1) is 30.3. The van der Waals surface area contributed by atoms with Crippen molar-refractivity contribution < 1.29 is 62.8 Å². The summed E-state index contributed by atoms with van der Waals surface area (Å²) in [6, 6.07) is -1.18. The van der Waals surface area contributed by atoms with Crippen LogP contribution in [0.5, 0.6) is 0 Å². The van der Waals surface area contributed by atoms with Gasteiger partial charge in [0.15, 0.2) is 6.10 Å². The third kappa shape index (κ3) is 39.3. The van der Waals surface area contributed by atoms with Gasteiger partial charge in [-0.2, -0.15) is 0 Å². The SMILES string of the molecule is CCCCC/C=C\C\C=C/C=C/C=C/[C@@H](SC[C@H](N)C(=O)OC[C@H](COP(=O)(O)OC[C@@H](O)CO)OC(=O)CCCCCCC/C=C\C/C=C\CCCCC)[C@@H](O)CCCC(=O)O. The number of nitrogens with two attached hydrogens (primary N) is 1. The molecule has 0 spiro atoms. The lowest BCUT2D eigenvalue weighted by Gasteiger charge is -2.22. The highest BCUT2D eigenvalue weighted by molar-refractivity contribution is 8.00. The van der Waals surface area contributed by atoms with E-state index in [2.05, 4.69) is 54.8 Å². The number of carbonyl (C=O) groups excluding carboxylic acids is 2. The maximum Gasteiger partial charge on any atom is 0.472 e. The van der Waals surface area contributed by atoms with Gasteiger partial charge in [-0.3, -0.25) is 23.4 Å². The molecule has 0 saturated heterocycles. The van der Waals surface area contributed by atoms with E-state index < -0.39 is 81.8 Å². The zero-order valence-electron chi connectivity index (χ0n) is 37.9. The molecule has 0 amide bonds. The fourth-order valence-electron chi connectivity index (χ4n) is 5.64. The second-order valence-corrected chi connectivity index (χ2v) is 17.9. The minimum absolute atomic E-state index is 0.0126. The molecule has 0 bridgehead atoms. The number of phosphoric ester groups is 1. The van der Waals surface area contributed by atoms with Crippen molar-refractivity contribution in [3.63, 3.8) is 0 Å². The van der Waals surface area contributed by atoms with Crippen LogP contribution < -0.4 is 5.73 Å². The van der Waals surface area contributed by atoms with Crippen LogP contribution in [0.4, 0.5) is 0 Å². The summed E-state index contributed by atoms with van der Waals surface area (Å²) in [5, 5.41) is 37.8. The zero-order valence-corrected chi connectivity index (χ0v) is 39.6. The van der Waals surface area contributed by atoms with Gasteiger partial charge in [-0.05, 0) is 70.6 Å². The Labute approximate surface area is 381 Å². The fourth-order valence-corrected chi connectivity index (χ4v) is 7.56. The number of rotatable bonds is 42. The molecule has 7 N–H and O–H groups in total. The van der Waals surface area contributed by atoms with Crippen LogP contribution in [0.2, 0.25) is 0 Å². The van der Waals surface area contributed by atoms with E-state index in [1.54, 1.807) is 18.2 Å². The van der Waals surface area contributed by atoms with Gasteiger partial charge >= 0.3 is 25.7 Å². The predicted octanol–water partition coefficient (Wildman–Crippen LogP) is 8.98. The number of aliphatic carboxylic acids is 1. The number of aliphatic hydroxyl groups excluding tert-OH is 3. The minimum atomic E-state index is -4.76. The van der Waals surface area contributed by atoms with Crippen molar-refractivity contribution in [2.45, 2.75) is 172 Å². The fraction of sp³-hybridized carbons (Fsp3) is 0.681.